The molecular formula is C13H13BrN2O4S2. The largest absolute Gasteiger partial charge is 0.503 e. The van der Waals surface area contributed by atoms with Crippen LogP contribution in [-0.2, 0) is 10.0 Å². The second kappa shape index (κ2) is 7.12. The molecule has 0 aliphatic heterocycles. The zero-order valence-electron chi connectivity index (χ0n) is 11.5. The Morgan fingerprint density at radius 2 is 2.27 bits per heavy atom. The molecule has 2 rings (SSSR count). The molecule has 9 heteroatoms. The molecule has 0 atom stereocenters. The van der Waals surface area contributed by atoms with E-state index in [-0.39, 0.29) is 9.96 Å². The van der Waals surface area contributed by atoms with Crippen LogP contribution in [0.3, 0.4) is 0 Å². The van der Waals surface area contributed by atoms with Crippen molar-refractivity contribution >= 4 is 43.5 Å². The molecule has 0 bridgehead atoms. The Kier molecular flexibility index (Phi) is 5.43. The first kappa shape index (κ1) is 16.8. The van der Waals surface area contributed by atoms with Crippen LogP contribution >= 0.6 is 27.3 Å². The van der Waals surface area contributed by atoms with Crippen molar-refractivity contribution in [1.29, 1.82) is 0 Å². The summed E-state index contributed by atoms with van der Waals surface area (Å²) in [5.74, 6) is 0.276. The molecule has 0 unspecified atom stereocenters. The van der Waals surface area contributed by atoms with Crippen molar-refractivity contribution in [1.82, 2.24) is 4.83 Å². The molecule has 0 aliphatic rings. The molecule has 0 amide bonds. The Morgan fingerprint density at radius 3 is 2.91 bits per heavy atom. The average molecular weight is 405 g/mol. The van der Waals surface area contributed by atoms with Crippen LogP contribution in [-0.4, -0.2) is 26.3 Å². The van der Waals surface area contributed by atoms with Crippen molar-refractivity contribution in [2.75, 3.05) is 6.61 Å². The highest BCUT2D eigenvalue weighted by Crippen LogP contribution is 2.35. The highest BCUT2D eigenvalue weighted by Gasteiger charge is 2.13. The molecule has 118 valence electrons. The van der Waals surface area contributed by atoms with Gasteiger partial charge in [0.05, 0.1) is 17.3 Å². The van der Waals surface area contributed by atoms with Gasteiger partial charge in [0.25, 0.3) is 10.0 Å². The third-order valence-electron chi connectivity index (χ3n) is 2.50. The minimum absolute atomic E-state index is 0.0156. The van der Waals surface area contributed by atoms with Gasteiger partial charge in [0.2, 0.25) is 0 Å². The highest BCUT2D eigenvalue weighted by atomic mass is 79.9. The van der Waals surface area contributed by atoms with E-state index in [1.165, 1.54) is 12.3 Å². The Balaban J connectivity index is 2.17. The van der Waals surface area contributed by atoms with Crippen LogP contribution in [0.2, 0.25) is 0 Å². The lowest BCUT2D eigenvalue weighted by molar-refractivity contribution is 0.317. The summed E-state index contributed by atoms with van der Waals surface area (Å²) < 4.78 is 29.7. The summed E-state index contributed by atoms with van der Waals surface area (Å²) in [6.45, 7) is 2.19. The van der Waals surface area contributed by atoms with Crippen LogP contribution in [0.5, 0.6) is 11.5 Å². The highest BCUT2D eigenvalue weighted by molar-refractivity contribution is 9.10. The fourth-order valence-electron chi connectivity index (χ4n) is 1.57. The number of hydrogen-bond donors (Lipinski definition) is 2. The molecule has 0 radical (unpaired) electrons. The van der Waals surface area contributed by atoms with Gasteiger partial charge < -0.3 is 9.84 Å². The van der Waals surface area contributed by atoms with Gasteiger partial charge in [-0.3, -0.25) is 0 Å². The predicted molar refractivity (Wildman–Crippen MR) is 89.2 cm³/mol. The van der Waals surface area contributed by atoms with Gasteiger partial charge in [0.1, 0.15) is 4.21 Å². The number of benzene rings is 1. The lowest BCUT2D eigenvalue weighted by atomic mass is 10.2. The van der Waals surface area contributed by atoms with E-state index in [9.17, 15) is 13.5 Å². The van der Waals surface area contributed by atoms with E-state index in [1.807, 2.05) is 0 Å². The van der Waals surface area contributed by atoms with Crippen molar-refractivity contribution in [3.05, 3.63) is 39.7 Å². The van der Waals surface area contributed by atoms with E-state index in [0.29, 0.717) is 22.4 Å². The van der Waals surface area contributed by atoms with Crippen LogP contribution in [0.25, 0.3) is 0 Å². The number of rotatable bonds is 6. The Bertz CT molecular complexity index is 774. The van der Waals surface area contributed by atoms with Crippen molar-refractivity contribution in [3.8, 4) is 11.5 Å². The van der Waals surface area contributed by atoms with Gasteiger partial charge in [-0.15, -0.1) is 11.3 Å². The van der Waals surface area contributed by atoms with E-state index in [4.69, 9.17) is 4.74 Å². The van der Waals surface area contributed by atoms with Gasteiger partial charge in [0.15, 0.2) is 11.5 Å². The first-order valence-corrected chi connectivity index (χ1v) is 9.33. The van der Waals surface area contributed by atoms with Crippen molar-refractivity contribution in [2.24, 2.45) is 5.10 Å². The summed E-state index contributed by atoms with van der Waals surface area (Å²) in [6, 6.07) is 6.30. The summed E-state index contributed by atoms with van der Waals surface area (Å²) in [6.07, 6.45) is 1.33. The van der Waals surface area contributed by atoms with Crippen LogP contribution in [0.4, 0.5) is 0 Å². The number of phenols is 1. The second-order valence-corrected chi connectivity index (χ2v) is 7.76. The molecule has 1 aromatic heterocycles. The lowest BCUT2D eigenvalue weighted by Crippen LogP contribution is -2.17. The molecule has 6 nitrogen and oxygen atoms in total. The number of halogens is 1. The molecule has 2 aromatic rings. The van der Waals surface area contributed by atoms with Gasteiger partial charge in [-0.05, 0) is 52.0 Å². The number of aromatic hydroxyl groups is 1. The van der Waals surface area contributed by atoms with Gasteiger partial charge in [0, 0.05) is 0 Å². The molecular weight excluding hydrogens is 392 g/mol. The molecule has 0 fully saturated rings. The fourth-order valence-corrected chi connectivity index (χ4v) is 3.80. The lowest BCUT2D eigenvalue weighted by Gasteiger charge is -2.08. The second-order valence-electron chi connectivity index (χ2n) is 4.07. The van der Waals surface area contributed by atoms with E-state index < -0.39 is 10.0 Å². The summed E-state index contributed by atoms with van der Waals surface area (Å²) in [7, 11) is -3.65. The molecule has 1 heterocycles. The van der Waals surface area contributed by atoms with Crippen LogP contribution in [0.1, 0.15) is 12.5 Å². The molecule has 0 saturated carbocycles. The molecule has 0 saturated heterocycles. The number of thiophene rings is 1. The van der Waals surface area contributed by atoms with Crippen LogP contribution in [0, 0.1) is 0 Å². The Morgan fingerprint density at radius 1 is 1.50 bits per heavy atom. The summed E-state index contributed by atoms with van der Waals surface area (Å²) in [4.78, 5) is 2.13. The fraction of sp³-hybridized carbons (Fsp3) is 0.154. The molecule has 1 aromatic carbocycles. The van der Waals surface area contributed by atoms with Crippen LogP contribution < -0.4 is 9.57 Å². The summed E-state index contributed by atoms with van der Waals surface area (Å²) >= 11 is 4.31. The predicted octanol–water partition coefficient (Wildman–Crippen LogP) is 2.93. The smallest absolute Gasteiger partial charge is 0.286 e. The zero-order chi connectivity index (χ0) is 16.2. The Labute approximate surface area is 140 Å². The SMILES string of the molecule is CCOc1cc(/C=N/NS(=O)(=O)c2cccs2)cc(Br)c1O. The number of hydrogen-bond acceptors (Lipinski definition) is 6. The van der Waals surface area contributed by atoms with Crippen molar-refractivity contribution in [3.63, 3.8) is 0 Å². The molecule has 0 aliphatic carbocycles. The first-order chi connectivity index (χ1) is 10.4. The van der Waals surface area contributed by atoms with E-state index >= 15 is 0 Å². The quantitative estimate of drug-likeness (QED) is 0.572. The van der Waals surface area contributed by atoms with Gasteiger partial charge in [-0.25, -0.2) is 0 Å². The average Bonchev–Trinajstić information content (AvgIpc) is 2.99. The molecule has 22 heavy (non-hydrogen) atoms. The summed E-state index contributed by atoms with van der Waals surface area (Å²) in [5.41, 5.74) is 0.571. The summed E-state index contributed by atoms with van der Waals surface area (Å²) in [5, 5.41) is 15.2. The van der Waals surface area contributed by atoms with Gasteiger partial charge in [-0.1, -0.05) is 6.07 Å². The number of phenolic OH excluding ortho intramolecular Hbond substituents is 1. The maximum absolute atomic E-state index is 11.9. The molecule has 2 N–H and O–H groups in total. The van der Waals surface area contributed by atoms with Crippen molar-refractivity contribution in [2.45, 2.75) is 11.1 Å². The minimum Gasteiger partial charge on any atom is -0.503 e. The third-order valence-corrected chi connectivity index (χ3v) is 5.72. The number of nitrogens with one attached hydrogen (secondary N) is 1. The maximum Gasteiger partial charge on any atom is 0.286 e. The third kappa shape index (κ3) is 3.99. The monoisotopic (exact) mass is 404 g/mol. The van der Waals surface area contributed by atoms with Gasteiger partial charge >= 0.3 is 0 Å². The normalized spacial score (nSPS) is 11.7. The minimum atomic E-state index is -3.65. The zero-order valence-corrected chi connectivity index (χ0v) is 14.7. The number of hydrazone groups is 1. The maximum atomic E-state index is 11.9. The van der Waals surface area contributed by atoms with Gasteiger partial charge in [-0.2, -0.15) is 18.4 Å². The number of sulfonamides is 1. The number of ether oxygens (including phenoxy) is 1. The topological polar surface area (TPSA) is 88.0 Å². The Hall–Kier alpha value is -1.58. The van der Waals surface area contributed by atoms with Crippen LogP contribution in [0.15, 0.2) is 43.4 Å². The van der Waals surface area contributed by atoms with E-state index in [2.05, 4.69) is 25.9 Å². The van der Waals surface area contributed by atoms with E-state index in [0.717, 1.165) is 11.3 Å². The standard InChI is InChI=1S/C13H13BrN2O4S2/c1-2-20-11-7-9(6-10(14)13(11)17)8-15-16-22(18,19)12-4-3-5-21-12/h3-8,16-17H,2H2,1H3/b15-8+. The molecule has 0 spiro atoms. The van der Waals surface area contributed by atoms with Crippen molar-refractivity contribution < 1.29 is 18.3 Å². The first-order valence-electron chi connectivity index (χ1n) is 6.17. The number of nitrogens with zero attached hydrogens (tertiary/aromatic N) is 1. The van der Waals surface area contributed by atoms with E-state index in [1.54, 1.807) is 30.5 Å².